The summed E-state index contributed by atoms with van der Waals surface area (Å²) in [7, 11) is 0. The van der Waals surface area contributed by atoms with E-state index in [0.29, 0.717) is 31.9 Å². The summed E-state index contributed by atoms with van der Waals surface area (Å²) >= 11 is 0. The molecule has 2 saturated heterocycles. The molecule has 0 saturated carbocycles. The molecule has 6 nitrogen and oxygen atoms in total. The number of nitrogens with one attached hydrogen (secondary N) is 1. The molecule has 21 heavy (non-hydrogen) atoms. The first kappa shape index (κ1) is 12.8. The standard InChI is InChI=1S/C15H17N3O3/c19-14(11-2-1-3-12-13(11)17-10-16-12)18-6-4-15(5-7-18)20-8-9-21-15/h1-3,10H,4-9H2,(H,16,17). The number of rotatable bonds is 1. The lowest BCUT2D eigenvalue weighted by molar-refractivity contribution is -0.181. The molecule has 1 aromatic heterocycles. The van der Waals surface area contributed by atoms with Crippen molar-refractivity contribution in [1.29, 1.82) is 0 Å². The maximum atomic E-state index is 12.7. The fraction of sp³-hybridized carbons (Fsp3) is 0.467. The fourth-order valence-electron chi connectivity index (χ4n) is 3.14. The molecule has 0 aliphatic carbocycles. The Kier molecular flexibility index (Phi) is 2.94. The van der Waals surface area contributed by atoms with Crippen LogP contribution >= 0.6 is 0 Å². The molecule has 0 radical (unpaired) electrons. The molecule has 1 N–H and O–H groups in total. The highest BCUT2D eigenvalue weighted by Gasteiger charge is 2.41. The van der Waals surface area contributed by atoms with E-state index < -0.39 is 5.79 Å². The van der Waals surface area contributed by atoms with Gasteiger partial charge in [-0.2, -0.15) is 0 Å². The van der Waals surface area contributed by atoms with Gasteiger partial charge in [-0.3, -0.25) is 4.79 Å². The summed E-state index contributed by atoms with van der Waals surface area (Å²) in [5, 5.41) is 0. The van der Waals surface area contributed by atoms with Crippen molar-refractivity contribution in [3.63, 3.8) is 0 Å². The molecule has 3 heterocycles. The fourth-order valence-corrected chi connectivity index (χ4v) is 3.14. The molecule has 0 atom stereocenters. The number of likely N-dealkylation sites (tertiary alicyclic amines) is 1. The highest BCUT2D eigenvalue weighted by atomic mass is 16.7. The van der Waals surface area contributed by atoms with E-state index in [9.17, 15) is 4.79 Å². The molecular formula is C15H17N3O3. The number of carbonyl (C=O) groups is 1. The van der Waals surface area contributed by atoms with E-state index in [0.717, 1.165) is 23.9 Å². The second kappa shape index (κ2) is 4.82. The Hall–Kier alpha value is -1.92. The number of fused-ring (bicyclic) bond motifs is 1. The molecule has 1 aromatic carbocycles. The van der Waals surface area contributed by atoms with Crippen LogP contribution in [-0.2, 0) is 9.47 Å². The number of imidazole rings is 1. The number of piperidine rings is 1. The van der Waals surface area contributed by atoms with Crippen molar-refractivity contribution in [2.24, 2.45) is 0 Å². The van der Waals surface area contributed by atoms with Gasteiger partial charge in [0.05, 0.1) is 30.6 Å². The predicted octanol–water partition coefficient (Wildman–Crippen LogP) is 1.54. The van der Waals surface area contributed by atoms with Gasteiger partial charge in [-0.1, -0.05) is 6.07 Å². The van der Waals surface area contributed by atoms with Gasteiger partial charge in [-0.05, 0) is 12.1 Å². The van der Waals surface area contributed by atoms with E-state index in [1.165, 1.54) is 0 Å². The average Bonchev–Trinajstić information content (AvgIpc) is 3.16. The Bertz CT molecular complexity index is 666. The summed E-state index contributed by atoms with van der Waals surface area (Å²) < 4.78 is 11.4. The Labute approximate surface area is 122 Å². The molecule has 2 aliphatic rings. The zero-order chi connectivity index (χ0) is 14.3. The minimum absolute atomic E-state index is 0.0283. The van der Waals surface area contributed by atoms with Crippen molar-refractivity contribution in [2.45, 2.75) is 18.6 Å². The molecule has 6 heteroatoms. The quantitative estimate of drug-likeness (QED) is 0.864. The van der Waals surface area contributed by atoms with Gasteiger partial charge in [-0.15, -0.1) is 0 Å². The number of aromatic amines is 1. The molecule has 2 aliphatic heterocycles. The first-order chi connectivity index (χ1) is 10.3. The number of hydrogen-bond acceptors (Lipinski definition) is 4. The normalized spacial score (nSPS) is 21.2. The van der Waals surface area contributed by atoms with E-state index in [-0.39, 0.29) is 5.91 Å². The molecular weight excluding hydrogens is 270 g/mol. The monoisotopic (exact) mass is 287 g/mol. The Morgan fingerprint density at radius 2 is 2.00 bits per heavy atom. The third-order valence-electron chi connectivity index (χ3n) is 4.31. The van der Waals surface area contributed by atoms with Crippen molar-refractivity contribution in [1.82, 2.24) is 14.9 Å². The molecule has 2 fully saturated rings. The third-order valence-corrected chi connectivity index (χ3v) is 4.31. The van der Waals surface area contributed by atoms with Gasteiger partial charge < -0.3 is 19.4 Å². The van der Waals surface area contributed by atoms with Crippen LogP contribution in [0, 0.1) is 0 Å². The lowest BCUT2D eigenvalue weighted by Gasteiger charge is -2.37. The van der Waals surface area contributed by atoms with Crippen LogP contribution in [0.5, 0.6) is 0 Å². The number of para-hydroxylation sites is 1. The lowest BCUT2D eigenvalue weighted by Crippen LogP contribution is -2.47. The molecule has 110 valence electrons. The second-order valence-electron chi connectivity index (χ2n) is 5.50. The van der Waals surface area contributed by atoms with Crippen LogP contribution in [-0.4, -0.2) is 52.9 Å². The molecule has 4 rings (SSSR count). The van der Waals surface area contributed by atoms with E-state index in [2.05, 4.69) is 9.97 Å². The third kappa shape index (κ3) is 2.11. The van der Waals surface area contributed by atoms with Crippen molar-refractivity contribution >= 4 is 16.9 Å². The largest absolute Gasteiger partial charge is 0.347 e. The summed E-state index contributed by atoms with van der Waals surface area (Å²) in [5.74, 6) is -0.421. The number of nitrogens with zero attached hydrogens (tertiary/aromatic N) is 2. The van der Waals surface area contributed by atoms with Crippen molar-refractivity contribution in [3.8, 4) is 0 Å². The van der Waals surface area contributed by atoms with Gasteiger partial charge >= 0.3 is 0 Å². The van der Waals surface area contributed by atoms with Crippen LogP contribution < -0.4 is 0 Å². The highest BCUT2D eigenvalue weighted by molar-refractivity contribution is 6.04. The Morgan fingerprint density at radius 1 is 1.24 bits per heavy atom. The average molecular weight is 287 g/mol. The van der Waals surface area contributed by atoms with Crippen LogP contribution in [0.1, 0.15) is 23.2 Å². The zero-order valence-electron chi connectivity index (χ0n) is 11.7. The minimum Gasteiger partial charge on any atom is -0.347 e. The van der Waals surface area contributed by atoms with E-state index in [4.69, 9.17) is 9.47 Å². The Balaban J connectivity index is 1.54. The number of amides is 1. The molecule has 2 aromatic rings. The van der Waals surface area contributed by atoms with Gasteiger partial charge in [-0.25, -0.2) is 4.98 Å². The number of hydrogen-bond donors (Lipinski definition) is 1. The molecule has 0 unspecified atom stereocenters. The van der Waals surface area contributed by atoms with Gasteiger partial charge in [0.15, 0.2) is 5.79 Å². The van der Waals surface area contributed by atoms with E-state index in [1.54, 1.807) is 6.33 Å². The van der Waals surface area contributed by atoms with Gasteiger partial charge in [0.2, 0.25) is 0 Å². The maximum absolute atomic E-state index is 12.7. The zero-order valence-corrected chi connectivity index (χ0v) is 11.7. The van der Waals surface area contributed by atoms with Crippen molar-refractivity contribution in [2.75, 3.05) is 26.3 Å². The summed E-state index contributed by atoms with van der Waals surface area (Å²) in [5.41, 5.74) is 2.27. The number of aromatic nitrogens is 2. The summed E-state index contributed by atoms with van der Waals surface area (Å²) in [6, 6.07) is 5.63. The van der Waals surface area contributed by atoms with Gasteiger partial charge in [0.25, 0.3) is 5.91 Å². The summed E-state index contributed by atoms with van der Waals surface area (Å²) in [6.45, 7) is 2.61. The van der Waals surface area contributed by atoms with Gasteiger partial charge in [0, 0.05) is 25.9 Å². The SMILES string of the molecule is O=C(c1cccc2[nH]cnc12)N1CCC2(CC1)OCCO2. The van der Waals surface area contributed by atoms with E-state index >= 15 is 0 Å². The Morgan fingerprint density at radius 3 is 2.76 bits per heavy atom. The topological polar surface area (TPSA) is 67.5 Å². The van der Waals surface area contributed by atoms with E-state index in [1.807, 2.05) is 23.1 Å². The molecule has 1 spiro atoms. The number of H-pyrrole nitrogens is 1. The second-order valence-corrected chi connectivity index (χ2v) is 5.50. The summed E-state index contributed by atoms with van der Waals surface area (Å²) in [4.78, 5) is 21.9. The maximum Gasteiger partial charge on any atom is 0.256 e. The highest BCUT2D eigenvalue weighted by Crippen LogP contribution is 2.32. The number of ether oxygens (including phenoxy) is 2. The number of benzene rings is 1. The predicted molar refractivity (Wildman–Crippen MR) is 75.9 cm³/mol. The van der Waals surface area contributed by atoms with Crippen LogP contribution in [0.4, 0.5) is 0 Å². The van der Waals surface area contributed by atoms with Crippen LogP contribution in [0.3, 0.4) is 0 Å². The van der Waals surface area contributed by atoms with Crippen molar-refractivity contribution < 1.29 is 14.3 Å². The first-order valence-corrected chi connectivity index (χ1v) is 7.27. The minimum atomic E-state index is -0.449. The van der Waals surface area contributed by atoms with Gasteiger partial charge in [0.1, 0.15) is 5.52 Å². The lowest BCUT2D eigenvalue weighted by atomic mass is 10.0. The molecule has 0 bridgehead atoms. The van der Waals surface area contributed by atoms with Crippen molar-refractivity contribution in [3.05, 3.63) is 30.1 Å². The van der Waals surface area contributed by atoms with Crippen LogP contribution in [0.25, 0.3) is 11.0 Å². The summed E-state index contributed by atoms with van der Waals surface area (Å²) in [6.07, 6.45) is 3.08. The first-order valence-electron chi connectivity index (χ1n) is 7.27. The van der Waals surface area contributed by atoms with Crippen LogP contribution in [0.2, 0.25) is 0 Å². The smallest absolute Gasteiger partial charge is 0.256 e. The number of carbonyl (C=O) groups excluding carboxylic acids is 1. The van der Waals surface area contributed by atoms with Crippen LogP contribution in [0.15, 0.2) is 24.5 Å². The molecule has 1 amide bonds.